The number of aromatic hydroxyl groups is 4. The fourth-order valence-corrected chi connectivity index (χ4v) is 18.8. The van der Waals surface area contributed by atoms with Crippen LogP contribution in [0.25, 0.3) is 64.6 Å². The van der Waals surface area contributed by atoms with E-state index in [0.717, 1.165) is 129 Å². The van der Waals surface area contributed by atoms with Crippen molar-refractivity contribution in [3.05, 3.63) is 374 Å². The average Bonchev–Trinajstić information content (AvgIpc) is 1.64. The maximum atomic E-state index is 13.7. The van der Waals surface area contributed by atoms with Crippen LogP contribution in [0.3, 0.4) is 0 Å². The van der Waals surface area contributed by atoms with Crippen LogP contribution in [0.5, 0.6) is 69.0 Å². The third-order valence-electron chi connectivity index (χ3n) is 21.9. The lowest BCUT2D eigenvalue weighted by molar-refractivity contribution is -0.124. The van der Waals surface area contributed by atoms with Crippen LogP contribution in [0.2, 0.25) is 0 Å². The second-order valence-electron chi connectivity index (χ2n) is 30.8. The molecule has 132 heavy (non-hydrogen) atoms. The van der Waals surface area contributed by atoms with Gasteiger partial charge >= 0.3 is 0 Å². The summed E-state index contributed by atoms with van der Waals surface area (Å²) in [6.45, 7) is 25.1. The Morgan fingerprint density at radius 1 is 0.258 bits per heavy atom. The zero-order chi connectivity index (χ0) is 94.1. The Bertz CT molecular complexity index is 7080. The van der Waals surface area contributed by atoms with E-state index < -0.39 is 0 Å². The van der Waals surface area contributed by atoms with Gasteiger partial charge in [0.1, 0.15) is 65.5 Å². The van der Waals surface area contributed by atoms with Crippen molar-refractivity contribution < 1.29 is 96.7 Å². The predicted octanol–water partition coefficient (Wildman–Crippen LogP) is 26.8. The molecular weight excluding hydrogens is 1750 g/mol. The number of thiophene rings is 4. The molecule has 4 aromatic heterocycles. The molecule has 0 spiro atoms. The highest BCUT2D eigenvalue weighted by atomic mass is 32.1. The quantitative estimate of drug-likeness (QED) is 0.0153. The maximum Gasteiger partial charge on any atom is 0.297 e. The molecule has 0 aliphatic carbocycles. The van der Waals surface area contributed by atoms with Gasteiger partial charge in [-0.25, -0.2) is 0 Å². The first-order chi connectivity index (χ1) is 63.5. The van der Waals surface area contributed by atoms with Crippen LogP contribution in [0.15, 0.2) is 243 Å². The number of fused-ring (bicyclic) bond motifs is 4. The summed E-state index contributed by atoms with van der Waals surface area (Å²) in [6, 6.07) is 64.3. The Morgan fingerprint density at radius 2 is 0.561 bits per heavy atom. The first kappa shape index (κ1) is 94.0. The zero-order valence-corrected chi connectivity index (χ0v) is 76.9. The lowest BCUT2D eigenvalue weighted by atomic mass is 9.94. The molecule has 16 rings (SSSR count). The molecule has 0 amide bonds. The number of aryl methyl sites for hydroxylation is 8. The Labute approximate surface area is 776 Å². The van der Waals surface area contributed by atoms with E-state index in [9.17, 15) is 58.8 Å². The summed E-state index contributed by atoms with van der Waals surface area (Å²) in [7, 11) is 0. The summed E-state index contributed by atoms with van der Waals surface area (Å²) in [5.74, 6) is 4.17. The van der Waals surface area contributed by atoms with Gasteiger partial charge in [-0.1, -0.05) is 90.5 Å². The predicted molar refractivity (Wildman–Crippen MR) is 521 cm³/mol. The van der Waals surface area contributed by atoms with Crippen molar-refractivity contribution in [1.29, 1.82) is 0 Å². The van der Waals surface area contributed by atoms with Gasteiger partial charge in [0, 0.05) is 62.6 Å². The van der Waals surface area contributed by atoms with E-state index >= 15 is 0 Å². The summed E-state index contributed by atoms with van der Waals surface area (Å²) in [5, 5.41) is 42.8. The van der Waals surface area contributed by atoms with E-state index in [2.05, 4.69) is 25.0 Å². The standard InChI is InChI=1S/4C27H22O5S/c1-16-4-10-22(18(3)17(16)2)25(30)27-26(23-11-7-20(29)14-24(23)33-27)32-21-8-5-19(6-9-21)12-13-31-15-28;1-16-12-18(3)23(13-17(16)2)25(30)27-26(22-9-6-20(29)14-24(22)33-27)32-21-7-4-19(5-8-21)10-11-31-15-28;1-16-12-17(2)18(3)23(13-16)25(30)27-26(22-9-6-20(29)14-24(22)33-27)32-21-7-4-19(5-8-21)10-11-31-15-28;1-16-4-5-17(2)24(18(16)3)25(30)27-26(22-11-8-20(29)14-23(22)33-27)32-21-9-6-19(7-10-21)12-13-31-15-28/h4*4-15,29H,1-3H3/b13-12+;2*11-10+;13-12+. The van der Waals surface area contributed by atoms with Gasteiger partial charge in [0.15, 0.2) is 23.0 Å². The monoisotopic (exact) mass is 1830 g/mol. The number of ether oxygens (including phenoxy) is 8. The van der Waals surface area contributed by atoms with E-state index in [0.29, 0.717) is 114 Å². The number of carbonyl (C=O) groups excluding carboxylic acids is 8. The molecule has 4 heterocycles. The summed E-state index contributed by atoms with van der Waals surface area (Å²) >= 11 is 5.21. The lowest BCUT2D eigenvalue weighted by Gasteiger charge is -2.12. The molecule has 0 aliphatic heterocycles. The molecule has 4 N–H and O–H groups in total. The molecule has 20 nitrogen and oxygen atoms in total. The third kappa shape index (κ3) is 22.0. The number of phenols is 4. The minimum absolute atomic E-state index is 0.102. The van der Waals surface area contributed by atoms with E-state index in [1.54, 1.807) is 146 Å². The van der Waals surface area contributed by atoms with Crippen molar-refractivity contribution in [2.75, 3.05) is 0 Å². The Morgan fingerprint density at radius 3 is 0.909 bits per heavy atom. The highest BCUT2D eigenvalue weighted by Crippen LogP contribution is 2.49. The highest BCUT2D eigenvalue weighted by Gasteiger charge is 2.30. The average molecular weight is 1830 g/mol. The smallest absolute Gasteiger partial charge is 0.297 e. The number of benzene rings is 12. The van der Waals surface area contributed by atoms with Crippen molar-refractivity contribution >= 4 is 159 Å². The number of carbonyl (C=O) groups is 8. The van der Waals surface area contributed by atoms with Gasteiger partial charge in [-0.3, -0.25) is 38.4 Å². The molecular formula is C108H88O20S4. The molecule has 0 saturated heterocycles. The van der Waals surface area contributed by atoms with Gasteiger partial charge in [0.25, 0.3) is 25.9 Å². The van der Waals surface area contributed by atoms with E-state index in [1.807, 2.05) is 174 Å². The number of ketones is 4. The van der Waals surface area contributed by atoms with Crippen molar-refractivity contribution in [2.24, 2.45) is 0 Å². The number of rotatable bonds is 28. The van der Waals surface area contributed by atoms with E-state index in [4.69, 9.17) is 18.9 Å². The zero-order valence-electron chi connectivity index (χ0n) is 73.7. The van der Waals surface area contributed by atoms with Crippen LogP contribution in [0.1, 0.15) is 150 Å². The topological polar surface area (TPSA) is 291 Å². The van der Waals surface area contributed by atoms with Crippen molar-refractivity contribution in [3.8, 4) is 69.0 Å². The molecule has 0 aliphatic rings. The van der Waals surface area contributed by atoms with Crippen LogP contribution in [-0.2, 0) is 38.1 Å². The molecule has 0 unspecified atom stereocenters. The molecule has 16 aromatic rings. The molecule has 0 saturated carbocycles. The first-order valence-electron chi connectivity index (χ1n) is 41.2. The Hall–Kier alpha value is -15.6. The van der Waals surface area contributed by atoms with Gasteiger partial charge in [0.05, 0.1) is 25.0 Å². The molecule has 0 atom stereocenters. The molecule has 664 valence electrons. The van der Waals surface area contributed by atoms with Gasteiger partial charge in [-0.05, 0) is 324 Å². The summed E-state index contributed by atoms with van der Waals surface area (Å²) in [5.41, 5.74) is 18.0. The normalized spacial score (nSPS) is 11.1. The van der Waals surface area contributed by atoms with Crippen LogP contribution in [0, 0.1) is 83.1 Å². The van der Waals surface area contributed by atoms with Gasteiger partial charge < -0.3 is 58.3 Å². The van der Waals surface area contributed by atoms with E-state index in [1.165, 1.54) is 70.4 Å². The molecule has 0 fully saturated rings. The second kappa shape index (κ2) is 42.5. The van der Waals surface area contributed by atoms with Crippen LogP contribution < -0.4 is 18.9 Å². The van der Waals surface area contributed by atoms with E-state index in [-0.39, 0.29) is 46.1 Å². The summed E-state index contributed by atoms with van der Waals surface area (Å²) < 4.78 is 46.2. The second-order valence-corrected chi connectivity index (χ2v) is 35.0. The minimum Gasteiger partial charge on any atom is -0.508 e. The number of hydrogen-bond acceptors (Lipinski definition) is 24. The SMILES string of the molecule is Cc1cc(C)c(C(=O)c2sc3cc(O)ccc3c2Oc2ccc(/C=C/OC=O)cc2)cc1C.Cc1cc(C)c(C)c(C(=O)c2sc3cc(O)ccc3c2Oc2ccc(/C=C/OC=O)cc2)c1.Cc1ccc(C(=O)c2sc3cc(O)ccc3c2Oc2ccc(/C=C/OC=O)cc2)c(C)c1C.Cc1ccc(C)c(C(=O)c2sc3cc(O)ccc3c2Oc2ccc(/C=C/OC=O)cc2)c1C. The van der Waals surface area contributed by atoms with Gasteiger partial charge in [0.2, 0.25) is 23.1 Å². The van der Waals surface area contributed by atoms with Gasteiger partial charge in [-0.2, -0.15) is 0 Å². The van der Waals surface area contributed by atoms with Gasteiger partial charge in [-0.15, -0.1) is 45.3 Å². The molecule has 24 heteroatoms. The first-order valence-corrected chi connectivity index (χ1v) is 44.4. The third-order valence-corrected chi connectivity index (χ3v) is 26.5. The largest absolute Gasteiger partial charge is 0.508 e. The Balaban J connectivity index is 0.000000150. The lowest BCUT2D eigenvalue weighted by Crippen LogP contribution is -2.07. The van der Waals surface area contributed by atoms with Crippen LogP contribution >= 0.6 is 45.3 Å². The number of hydrogen-bond donors (Lipinski definition) is 4. The fourth-order valence-electron chi connectivity index (χ4n) is 14.4. The fraction of sp³-hybridized carbons (Fsp3) is 0.111. The highest BCUT2D eigenvalue weighted by molar-refractivity contribution is 7.22. The van der Waals surface area contributed by atoms with Crippen LogP contribution in [0.4, 0.5) is 0 Å². The van der Waals surface area contributed by atoms with Crippen molar-refractivity contribution in [3.63, 3.8) is 0 Å². The summed E-state index contributed by atoms with van der Waals surface area (Å²) in [6.07, 6.45) is 11.8. The molecule has 12 aromatic carbocycles. The van der Waals surface area contributed by atoms with Crippen molar-refractivity contribution in [1.82, 2.24) is 0 Å². The van der Waals surface area contributed by atoms with Crippen molar-refractivity contribution in [2.45, 2.75) is 83.1 Å². The molecule has 0 radical (unpaired) electrons. The minimum atomic E-state index is -0.114. The van der Waals surface area contributed by atoms with Crippen LogP contribution in [-0.4, -0.2) is 69.4 Å². The number of phenolic OH excluding ortho intramolecular Hbond substituents is 4. The molecule has 0 bridgehead atoms. The maximum absolute atomic E-state index is 13.7. The summed E-state index contributed by atoms with van der Waals surface area (Å²) in [4.78, 5) is 97.6. The Kier molecular flexibility index (Phi) is 30.3.